The van der Waals surface area contributed by atoms with Gasteiger partial charge in [0.1, 0.15) is 6.61 Å². The third kappa shape index (κ3) is 4.88. The highest BCUT2D eigenvalue weighted by atomic mass is 79.9. The fourth-order valence-corrected chi connectivity index (χ4v) is 2.24. The molecular weight excluding hydrogens is 332 g/mol. The number of ether oxygens (including phenoxy) is 1. The average Bonchev–Trinajstić information content (AvgIpc) is 2.48. The summed E-state index contributed by atoms with van der Waals surface area (Å²) in [5.41, 5.74) is 8.36. The first-order chi connectivity index (χ1) is 10.2. The minimum atomic E-state index is -0.178. The van der Waals surface area contributed by atoms with Crippen molar-refractivity contribution in [3.8, 4) is 0 Å². The van der Waals surface area contributed by atoms with Crippen LogP contribution in [0.5, 0.6) is 0 Å². The molecule has 0 fully saturated rings. The first-order valence-electron chi connectivity index (χ1n) is 6.62. The molecular formula is C16H17BrN2O2. The number of para-hydroxylation sites is 2. The van der Waals surface area contributed by atoms with Crippen molar-refractivity contribution < 1.29 is 9.53 Å². The summed E-state index contributed by atoms with van der Waals surface area (Å²) < 4.78 is 6.23. The number of nitrogen functional groups attached to an aromatic ring is 1. The molecule has 0 unspecified atom stereocenters. The van der Waals surface area contributed by atoms with Crippen LogP contribution in [0.4, 0.5) is 11.4 Å². The summed E-state index contributed by atoms with van der Waals surface area (Å²) >= 11 is 3.38. The van der Waals surface area contributed by atoms with E-state index < -0.39 is 0 Å². The molecule has 0 saturated heterocycles. The van der Waals surface area contributed by atoms with Crippen molar-refractivity contribution in [1.82, 2.24) is 0 Å². The van der Waals surface area contributed by atoms with Crippen LogP contribution < -0.4 is 11.1 Å². The van der Waals surface area contributed by atoms with E-state index in [1.54, 1.807) is 0 Å². The Balaban J connectivity index is 1.73. The highest BCUT2D eigenvalue weighted by molar-refractivity contribution is 9.10. The fourth-order valence-electron chi connectivity index (χ4n) is 1.86. The standard InChI is InChI=1S/C16H17BrN2O2/c17-13-6-2-4-8-15(13)19-16(20)11-21-10-9-12-5-1-3-7-14(12)18/h1-8H,9-11,18H2,(H,19,20). The molecule has 5 heteroatoms. The van der Waals surface area contributed by atoms with Gasteiger partial charge >= 0.3 is 0 Å². The first-order valence-corrected chi connectivity index (χ1v) is 7.41. The van der Waals surface area contributed by atoms with E-state index in [2.05, 4.69) is 21.2 Å². The van der Waals surface area contributed by atoms with Gasteiger partial charge in [-0.3, -0.25) is 4.79 Å². The summed E-state index contributed by atoms with van der Waals surface area (Å²) in [6, 6.07) is 15.1. The number of benzene rings is 2. The Morgan fingerprint density at radius 3 is 2.62 bits per heavy atom. The first kappa shape index (κ1) is 15.5. The van der Waals surface area contributed by atoms with Crippen LogP contribution in [-0.2, 0) is 16.0 Å². The normalized spacial score (nSPS) is 10.3. The van der Waals surface area contributed by atoms with Crippen LogP contribution in [0.3, 0.4) is 0 Å². The topological polar surface area (TPSA) is 64.3 Å². The van der Waals surface area contributed by atoms with Gasteiger partial charge in [0.05, 0.1) is 12.3 Å². The maximum atomic E-state index is 11.8. The van der Waals surface area contributed by atoms with Crippen LogP contribution in [-0.4, -0.2) is 19.1 Å². The van der Waals surface area contributed by atoms with Gasteiger partial charge in [-0.2, -0.15) is 0 Å². The lowest BCUT2D eigenvalue weighted by Crippen LogP contribution is -2.19. The third-order valence-corrected chi connectivity index (χ3v) is 3.64. The van der Waals surface area contributed by atoms with E-state index in [1.165, 1.54) is 0 Å². The Bertz CT molecular complexity index is 617. The van der Waals surface area contributed by atoms with Crippen LogP contribution in [0.25, 0.3) is 0 Å². The molecule has 1 amide bonds. The van der Waals surface area contributed by atoms with Gasteiger partial charge in [0.2, 0.25) is 5.91 Å². The minimum Gasteiger partial charge on any atom is -0.399 e. The second kappa shape index (κ2) is 7.81. The minimum absolute atomic E-state index is 0.0219. The van der Waals surface area contributed by atoms with E-state index in [4.69, 9.17) is 10.5 Å². The molecule has 21 heavy (non-hydrogen) atoms. The molecule has 0 spiro atoms. The molecule has 0 saturated carbocycles. The summed E-state index contributed by atoms with van der Waals surface area (Å²) in [5, 5.41) is 2.78. The number of carbonyl (C=O) groups is 1. The molecule has 0 bridgehead atoms. The number of halogens is 1. The molecule has 2 rings (SSSR count). The van der Waals surface area contributed by atoms with Crippen LogP contribution in [0.2, 0.25) is 0 Å². The second-order valence-corrected chi connectivity index (χ2v) is 5.38. The van der Waals surface area contributed by atoms with Crippen molar-refractivity contribution in [2.45, 2.75) is 6.42 Å². The third-order valence-electron chi connectivity index (χ3n) is 2.95. The molecule has 0 heterocycles. The second-order valence-electron chi connectivity index (χ2n) is 4.53. The monoisotopic (exact) mass is 348 g/mol. The number of nitrogens with two attached hydrogens (primary N) is 1. The average molecular weight is 349 g/mol. The number of anilines is 2. The number of amides is 1. The lowest BCUT2D eigenvalue weighted by Gasteiger charge is -2.08. The van der Waals surface area contributed by atoms with Crippen molar-refractivity contribution in [3.63, 3.8) is 0 Å². The Kier molecular flexibility index (Phi) is 5.78. The van der Waals surface area contributed by atoms with E-state index in [1.807, 2.05) is 48.5 Å². The van der Waals surface area contributed by atoms with Crippen LogP contribution >= 0.6 is 15.9 Å². The molecule has 4 nitrogen and oxygen atoms in total. The summed E-state index contributed by atoms with van der Waals surface area (Å²) in [5.74, 6) is -0.178. The summed E-state index contributed by atoms with van der Waals surface area (Å²) in [4.78, 5) is 11.8. The van der Waals surface area contributed by atoms with E-state index in [9.17, 15) is 4.79 Å². The Hall–Kier alpha value is -1.85. The fraction of sp³-hybridized carbons (Fsp3) is 0.188. The predicted octanol–water partition coefficient (Wildman–Crippen LogP) is 3.23. The summed E-state index contributed by atoms with van der Waals surface area (Å²) in [6.45, 7) is 0.478. The Morgan fingerprint density at radius 1 is 1.14 bits per heavy atom. The van der Waals surface area contributed by atoms with E-state index in [0.29, 0.717) is 13.0 Å². The van der Waals surface area contributed by atoms with E-state index in [0.717, 1.165) is 21.4 Å². The highest BCUT2D eigenvalue weighted by Crippen LogP contribution is 2.20. The van der Waals surface area contributed by atoms with Crippen molar-refractivity contribution in [1.29, 1.82) is 0 Å². The molecule has 0 aromatic heterocycles. The van der Waals surface area contributed by atoms with Crippen molar-refractivity contribution in [2.75, 3.05) is 24.3 Å². The van der Waals surface area contributed by atoms with E-state index >= 15 is 0 Å². The van der Waals surface area contributed by atoms with Gasteiger partial charge in [0.25, 0.3) is 0 Å². The number of hydrogen-bond donors (Lipinski definition) is 2. The maximum Gasteiger partial charge on any atom is 0.250 e. The van der Waals surface area contributed by atoms with Crippen molar-refractivity contribution >= 4 is 33.2 Å². The SMILES string of the molecule is Nc1ccccc1CCOCC(=O)Nc1ccccc1Br. The maximum absolute atomic E-state index is 11.8. The molecule has 2 aromatic rings. The predicted molar refractivity (Wildman–Crippen MR) is 88.1 cm³/mol. The van der Waals surface area contributed by atoms with Gasteiger partial charge < -0.3 is 15.8 Å². The molecule has 0 aliphatic carbocycles. The highest BCUT2D eigenvalue weighted by Gasteiger charge is 2.05. The molecule has 0 aliphatic heterocycles. The number of nitrogens with one attached hydrogen (secondary N) is 1. The lowest BCUT2D eigenvalue weighted by molar-refractivity contribution is -0.120. The largest absolute Gasteiger partial charge is 0.399 e. The summed E-state index contributed by atoms with van der Waals surface area (Å²) in [6.07, 6.45) is 0.689. The van der Waals surface area contributed by atoms with Crippen LogP contribution in [0.15, 0.2) is 53.0 Å². The zero-order valence-electron chi connectivity index (χ0n) is 11.5. The van der Waals surface area contributed by atoms with Gasteiger partial charge in [0, 0.05) is 10.2 Å². The van der Waals surface area contributed by atoms with Gasteiger partial charge in [-0.05, 0) is 46.1 Å². The molecule has 0 aliphatic rings. The molecule has 0 radical (unpaired) electrons. The molecule has 2 aromatic carbocycles. The number of hydrogen-bond acceptors (Lipinski definition) is 3. The van der Waals surface area contributed by atoms with Crippen molar-refractivity contribution in [2.24, 2.45) is 0 Å². The van der Waals surface area contributed by atoms with Gasteiger partial charge in [-0.25, -0.2) is 0 Å². The number of rotatable bonds is 6. The molecule has 0 atom stereocenters. The smallest absolute Gasteiger partial charge is 0.250 e. The molecule has 3 N–H and O–H groups in total. The quantitative estimate of drug-likeness (QED) is 0.622. The number of carbonyl (C=O) groups excluding carboxylic acids is 1. The Labute approximate surface area is 132 Å². The van der Waals surface area contributed by atoms with Crippen molar-refractivity contribution in [3.05, 3.63) is 58.6 Å². The van der Waals surface area contributed by atoms with Gasteiger partial charge in [-0.15, -0.1) is 0 Å². The summed E-state index contributed by atoms with van der Waals surface area (Å²) in [7, 11) is 0. The zero-order valence-corrected chi connectivity index (χ0v) is 13.1. The van der Waals surface area contributed by atoms with Crippen LogP contribution in [0.1, 0.15) is 5.56 Å². The zero-order chi connectivity index (χ0) is 15.1. The van der Waals surface area contributed by atoms with Crippen LogP contribution in [0, 0.1) is 0 Å². The lowest BCUT2D eigenvalue weighted by atomic mass is 10.1. The van der Waals surface area contributed by atoms with Gasteiger partial charge in [-0.1, -0.05) is 30.3 Å². The van der Waals surface area contributed by atoms with E-state index in [-0.39, 0.29) is 12.5 Å². The molecule has 110 valence electrons. The Morgan fingerprint density at radius 2 is 1.86 bits per heavy atom. The van der Waals surface area contributed by atoms with Gasteiger partial charge in [0.15, 0.2) is 0 Å².